The van der Waals surface area contributed by atoms with E-state index in [0.717, 1.165) is 10.5 Å². The van der Waals surface area contributed by atoms with Gasteiger partial charge in [-0.25, -0.2) is 0 Å². The normalized spacial score (nSPS) is 19.4. The second kappa shape index (κ2) is 5.23. The molecule has 1 aliphatic rings. The summed E-state index contributed by atoms with van der Waals surface area (Å²) >= 11 is 3.10. The van der Waals surface area contributed by atoms with Crippen LogP contribution in [0.4, 0.5) is 13.2 Å². The minimum atomic E-state index is -4.87. The summed E-state index contributed by atoms with van der Waals surface area (Å²) in [5.74, 6) is -2.12. The molecule has 0 saturated carbocycles. The second-order valence-corrected chi connectivity index (χ2v) is 5.63. The largest absolute Gasteiger partial charge is 0.471 e. The summed E-state index contributed by atoms with van der Waals surface area (Å²) in [6, 6.07) is 1.61. The number of amides is 1. The fourth-order valence-electron chi connectivity index (χ4n) is 2.34. The number of hydrogen-bond donors (Lipinski definition) is 1. The van der Waals surface area contributed by atoms with Gasteiger partial charge in [-0.3, -0.25) is 9.59 Å². The minimum Gasteiger partial charge on any atom is -0.334 e. The van der Waals surface area contributed by atoms with Gasteiger partial charge in [-0.05, 0) is 27.6 Å². The number of aromatic amines is 1. The highest BCUT2D eigenvalue weighted by atomic mass is 79.9. The van der Waals surface area contributed by atoms with E-state index in [1.807, 2.05) is 0 Å². The molecular formula is C12H12BrF3N2O2. The van der Waals surface area contributed by atoms with Gasteiger partial charge in [0.15, 0.2) is 0 Å². The number of H-pyrrole nitrogens is 1. The summed E-state index contributed by atoms with van der Waals surface area (Å²) in [4.78, 5) is 26.3. The van der Waals surface area contributed by atoms with Gasteiger partial charge >= 0.3 is 12.1 Å². The predicted molar refractivity (Wildman–Crippen MR) is 69.5 cm³/mol. The van der Waals surface area contributed by atoms with Crippen LogP contribution in [-0.2, 0) is 11.2 Å². The van der Waals surface area contributed by atoms with Gasteiger partial charge in [-0.2, -0.15) is 13.2 Å². The Morgan fingerprint density at radius 2 is 2.15 bits per heavy atom. The van der Waals surface area contributed by atoms with Gasteiger partial charge < -0.3 is 9.88 Å². The van der Waals surface area contributed by atoms with E-state index in [1.54, 1.807) is 13.0 Å². The first-order valence-electron chi connectivity index (χ1n) is 5.98. The molecule has 0 spiro atoms. The molecule has 1 aromatic heterocycles. The topological polar surface area (TPSA) is 53.2 Å². The maximum Gasteiger partial charge on any atom is 0.471 e. The minimum absolute atomic E-state index is 0.0240. The molecule has 4 nitrogen and oxygen atoms in total. The van der Waals surface area contributed by atoms with E-state index in [9.17, 15) is 22.8 Å². The van der Waals surface area contributed by atoms with Crippen molar-refractivity contribution >= 4 is 21.8 Å². The number of rotatable bonds is 0. The Bertz CT molecular complexity index is 597. The molecule has 1 aromatic rings. The van der Waals surface area contributed by atoms with Gasteiger partial charge in [-0.15, -0.1) is 0 Å². The predicted octanol–water partition coefficient (Wildman–Crippen LogP) is 2.19. The SMILES string of the molecule is CC1CN(C(=O)C(F)(F)F)CCc2[nH]c(=O)c(Br)cc21. The van der Waals surface area contributed by atoms with Crippen molar-refractivity contribution in [2.24, 2.45) is 0 Å². The molecule has 2 heterocycles. The van der Waals surface area contributed by atoms with E-state index >= 15 is 0 Å². The van der Waals surface area contributed by atoms with Gasteiger partial charge in [0.25, 0.3) is 5.56 Å². The molecule has 1 amide bonds. The van der Waals surface area contributed by atoms with Crippen LogP contribution in [0.15, 0.2) is 15.3 Å². The zero-order chi connectivity index (χ0) is 15.1. The van der Waals surface area contributed by atoms with E-state index in [0.29, 0.717) is 10.2 Å². The highest BCUT2D eigenvalue weighted by Crippen LogP contribution is 2.27. The lowest BCUT2D eigenvalue weighted by atomic mass is 9.99. The highest BCUT2D eigenvalue weighted by Gasteiger charge is 2.43. The van der Waals surface area contributed by atoms with Crippen molar-refractivity contribution in [1.29, 1.82) is 0 Å². The van der Waals surface area contributed by atoms with Crippen LogP contribution in [0, 0.1) is 0 Å². The molecule has 0 bridgehead atoms. The van der Waals surface area contributed by atoms with Crippen LogP contribution in [-0.4, -0.2) is 35.1 Å². The number of fused-ring (bicyclic) bond motifs is 1. The molecule has 1 atom stereocenters. The third-order valence-corrected chi connectivity index (χ3v) is 3.89. The Labute approximate surface area is 121 Å². The van der Waals surface area contributed by atoms with Gasteiger partial charge in [0, 0.05) is 31.1 Å². The molecule has 0 radical (unpaired) electrons. The van der Waals surface area contributed by atoms with Crippen molar-refractivity contribution in [3.63, 3.8) is 0 Å². The average molecular weight is 353 g/mol. The van der Waals surface area contributed by atoms with Crippen molar-refractivity contribution in [3.05, 3.63) is 32.2 Å². The maximum atomic E-state index is 12.5. The number of alkyl halides is 3. The Balaban J connectivity index is 2.32. The Hall–Kier alpha value is -1.31. The molecule has 1 unspecified atom stereocenters. The van der Waals surface area contributed by atoms with Crippen LogP contribution in [0.25, 0.3) is 0 Å². The number of halogens is 4. The molecule has 1 aliphatic heterocycles. The summed E-state index contributed by atoms with van der Waals surface area (Å²) in [7, 11) is 0. The lowest BCUT2D eigenvalue weighted by Crippen LogP contribution is -2.42. The van der Waals surface area contributed by atoms with Gasteiger partial charge in [0.2, 0.25) is 0 Å². The Morgan fingerprint density at radius 3 is 2.75 bits per heavy atom. The summed E-state index contributed by atoms with van der Waals surface area (Å²) in [6.07, 6.45) is -4.67. The molecule has 8 heteroatoms. The molecule has 0 saturated heterocycles. The van der Waals surface area contributed by atoms with Gasteiger partial charge in [0.1, 0.15) is 0 Å². The van der Waals surface area contributed by atoms with Crippen LogP contribution in [0.1, 0.15) is 24.1 Å². The van der Waals surface area contributed by atoms with E-state index in [1.165, 1.54) is 0 Å². The first-order chi connectivity index (χ1) is 9.20. The monoisotopic (exact) mass is 352 g/mol. The Kier molecular flexibility index (Phi) is 3.95. The van der Waals surface area contributed by atoms with Crippen LogP contribution < -0.4 is 5.56 Å². The second-order valence-electron chi connectivity index (χ2n) is 4.78. The summed E-state index contributed by atoms with van der Waals surface area (Å²) in [6.45, 7) is 1.64. The van der Waals surface area contributed by atoms with Crippen LogP contribution in [0.3, 0.4) is 0 Å². The summed E-state index contributed by atoms with van der Waals surface area (Å²) < 4.78 is 37.8. The molecular weight excluding hydrogens is 341 g/mol. The maximum absolute atomic E-state index is 12.5. The van der Waals surface area contributed by atoms with E-state index in [-0.39, 0.29) is 31.0 Å². The van der Waals surface area contributed by atoms with Crippen molar-refractivity contribution < 1.29 is 18.0 Å². The van der Waals surface area contributed by atoms with Crippen molar-refractivity contribution in [3.8, 4) is 0 Å². The van der Waals surface area contributed by atoms with E-state index in [4.69, 9.17) is 0 Å². The third-order valence-electron chi connectivity index (χ3n) is 3.30. The van der Waals surface area contributed by atoms with Crippen molar-refractivity contribution in [2.45, 2.75) is 25.4 Å². The number of pyridine rings is 1. The fraction of sp³-hybridized carbons (Fsp3) is 0.500. The number of nitrogens with one attached hydrogen (secondary N) is 1. The molecule has 0 aliphatic carbocycles. The number of aromatic nitrogens is 1. The fourth-order valence-corrected chi connectivity index (χ4v) is 2.68. The van der Waals surface area contributed by atoms with Crippen LogP contribution in [0.2, 0.25) is 0 Å². The quantitative estimate of drug-likeness (QED) is 0.778. The number of carbonyl (C=O) groups excluding carboxylic acids is 1. The molecule has 20 heavy (non-hydrogen) atoms. The highest BCUT2D eigenvalue weighted by molar-refractivity contribution is 9.10. The number of hydrogen-bond acceptors (Lipinski definition) is 2. The number of carbonyl (C=O) groups is 1. The molecule has 0 fully saturated rings. The molecule has 0 aromatic carbocycles. The Morgan fingerprint density at radius 1 is 1.50 bits per heavy atom. The summed E-state index contributed by atoms with van der Waals surface area (Å²) in [5, 5.41) is 0. The number of nitrogens with zero attached hydrogens (tertiary/aromatic N) is 1. The molecule has 2 rings (SSSR count). The van der Waals surface area contributed by atoms with Crippen LogP contribution in [0.5, 0.6) is 0 Å². The lowest BCUT2D eigenvalue weighted by molar-refractivity contribution is -0.185. The standard InChI is InChI=1S/C12H12BrF3N2O2/c1-6-5-18(11(20)12(14,15)16)3-2-9-7(6)4-8(13)10(19)17-9/h4,6H,2-3,5H2,1H3,(H,17,19). The zero-order valence-corrected chi connectivity index (χ0v) is 12.1. The van der Waals surface area contributed by atoms with E-state index in [2.05, 4.69) is 20.9 Å². The molecule has 1 N–H and O–H groups in total. The molecule has 110 valence electrons. The third kappa shape index (κ3) is 2.89. The smallest absolute Gasteiger partial charge is 0.334 e. The van der Waals surface area contributed by atoms with Crippen molar-refractivity contribution in [2.75, 3.05) is 13.1 Å². The lowest BCUT2D eigenvalue weighted by Gasteiger charge is -2.23. The van der Waals surface area contributed by atoms with Crippen LogP contribution >= 0.6 is 15.9 Å². The first kappa shape index (κ1) is 15.1. The average Bonchev–Trinajstić information content (AvgIpc) is 2.49. The van der Waals surface area contributed by atoms with Gasteiger partial charge in [0.05, 0.1) is 4.47 Å². The van der Waals surface area contributed by atoms with E-state index < -0.39 is 12.1 Å². The zero-order valence-electron chi connectivity index (χ0n) is 10.6. The summed E-state index contributed by atoms with van der Waals surface area (Å²) in [5.41, 5.74) is 1.02. The van der Waals surface area contributed by atoms with Crippen molar-refractivity contribution in [1.82, 2.24) is 9.88 Å². The van der Waals surface area contributed by atoms with Gasteiger partial charge in [-0.1, -0.05) is 6.92 Å². The first-order valence-corrected chi connectivity index (χ1v) is 6.77.